The van der Waals surface area contributed by atoms with Crippen LogP contribution in [0.15, 0.2) is 41.3 Å². The highest BCUT2D eigenvalue weighted by Crippen LogP contribution is 2.34. The van der Waals surface area contributed by atoms with Crippen LogP contribution in [0.25, 0.3) is 28.0 Å². The van der Waals surface area contributed by atoms with Crippen molar-refractivity contribution in [1.82, 2.24) is 24.5 Å². The number of fused-ring (bicyclic) bond motifs is 1. The fourth-order valence-electron chi connectivity index (χ4n) is 3.72. The first kappa shape index (κ1) is 22.8. The Morgan fingerprint density at radius 1 is 1.03 bits per heavy atom. The number of rotatable bonds is 5. The lowest BCUT2D eigenvalue weighted by Gasteiger charge is -2.21. The molecule has 170 valence electrons. The molecule has 0 amide bonds. The monoisotopic (exact) mass is 466 g/mol. The Balaban J connectivity index is 2.15. The second-order valence-corrected chi connectivity index (χ2v) is 8.72. The van der Waals surface area contributed by atoms with Gasteiger partial charge in [-0.15, -0.1) is 0 Å². The number of hydrogen-bond acceptors (Lipinski definition) is 6. The minimum Gasteiger partial charge on any atom is -0.357 e. The zero-order valence-electron chi connectivity index (χ0n) is 19.0. The lowest BCUT2D eigenvalue weighted by Crippen LogP contribution is -2.26. The van der Waals surface area contributed by atoms with Crippen LogP contribution >= 0.6 is 11.6 Å². The second-order valence-electron chi connectivity index (χ2n) is 8.31. The van der Waals surface area contributed by atoms with E-state index in [0.29, 0.717) is 34.1 Å². The minimum atomic E-state index is -0.526. The molecule has 0 atom stereocenters. The third-order valence-corrected chi connectivity index (χ3v) is 5.60. The Labute approximate surface area is 195 Å². The van der Waals surface area contributed by atoms with Gasteiger partial charge in [-0.2, -0.15) is 0 Å². The molecule has 0 aliphatic heterocycles. The topological polar surface area (TPSA) is 85.6 Å². The largest absolute Gasteiger partial charge is 0.357 e. The van der Waals surface area contributed by atoms with E-state index in [0.717, 1.165) is 0 Å². The number of pyridine rings is 1. The van der Waals surface area contributed by atoms with Gasteiger partial charge in [0.05, 0.1) is 27.8 Å². The summed E-state index contributed by atoms with van der Waals surface area (Å²) in [7, 11) is 1.75. The van der Waals surface area contributed by atoms with Crippen molar-refractivity contribution in [1.29, 1.82) is 0 Å². The number of halogens is 2. The highest BCUT2D eigenvalue weighted by molar-refractivity contribution is 6.33. The van der Waals surface area contributed by atoms with Gasteiger partial charge in [0.2, 0.25) is 5.95 Å². The Kier molecular flexibility index (Phi) is 6.12. The van der Waals surface area contributed by atoms with E-state index in [2.05, 4.69) is 25.3 Å². The summed E-state index contributed by atoms with van der Waals surface area (Å²) in [5.74, 6) is -0.0294. The van der Waals surface area contributed by atoms with E-state index >= 15 is 0 Å². The highest BCUT2D eigenvalue weighted by Gasteiger charge is 2.24. The molecule has 1 N–H and O–H groups in total. The van der Waals surface area contributed by atoms with Crippen molar-refractivity contribution in [2.75, 3.05) is 12.4 Å². The van der Waals surface area contributed by atoms with Crippen LogP contribution in [-0.2, 0) is 0 Å². The number of aromatic nitrogens is 5. The SMILES string of the molecule is CNc1nc(C(C)C)c(-n2c(=O)ncc3cc(Cl)c(-c4ccccc4F)nc32)c(C(C)C)n1. The van der Waals surface area contributed by atoms with Crippen LogP contribution in [0.1, 0.15) is 50.9 Å². The predicted molar refractivity (Wildman–Crippen MR) is 129 cm³/mol. The average Bonchev–Trinajstić information content (AvgIpc) is 2.78. The normalized spacial score (nSPS) is 11.5. The second kappa shape index (κ2) is 8.86. The third-order valence-electron chi connectivity index (χ3n) is 5.31. The summed E-state index contributed by atoms with van der Waals surface area (Å²) in [6.45, 7) is 7.98. The van der Waals surface area contributed by atoms with E-state index in [-0.39, 0.29) is 28.1 Å². The summed E-state index contributed by atoms with van der Waals surface area (Å²) >= 11 is 6.47. The van der Waals surface area contributed by atoms with E-state index in [4.69, 9.17) is 11.6 Å². The zero-order valence-corrected chi connectivity index (χ0v) is 19.8. The molecule has 4 rings (SSSR count). The molecule has 1 aromatic carbocycles. The Bertz CT molecular complexity index is 1390. The summed E-state index contributed by atoms with van der Waals surface area (Å²) in [5.41, 5.74) is 2.17. The van der Waals surface area contributed by atoms with Crippen LogP contribution in [0.2, 0.25) is 5.02 Å². The zero-order chi connectivity index (χ0) is 23.9. The van der Waals surface area contributed by atoms with Crippen molar-refractivity contribution in [3.05, 3.63) is 69.2 Å². The summed E-state index contributed by atoms with van der Waals surface area (Å²) in [5, 5.41) is 3.79. The van der Waals surface area contributed by atoms with Gasteiger partial charge in [0.1, 0.15) is 5.82 Å². The predicted octanol–water partition coefficient (Wildman–Crippen LogP) is 5.32. The van der Waals surface area contributed by atoms with Gasteiger partial charge in [0.15, 0.2) is 5.65 Å². The molecular weight excluding hydrogens is 443 g/mol. The summed E-state index contributed by atoms with van der Waals surface area (Å²) < 4.78 is 16.0. The summed E-state index contributed by atoms with van der Waals surface area (Å²) in [6.07, 6.45) is 1.42. The first-order chi connectivity index (χ1) is 15.7. The van der Waals surface area contributed by atoms with Gasteiger partial charge >= 0.3 is 5.69 Å². The van der Waals surface area contributed by atoms with Crippen molar-refractivity contribution in [2.24, 2.45) is 0 Å². The number of nitrogens with zero attached hydrogens (tertiary/aromatic N) is 5. The van der Waals surface area contributed by atoms with Crippen molar-refractivity contribution in [2.45, 2.75) is 39.5 Å². The van der Waals surface area contributed by atoms with Crippen molar-refractivity contribution >= 4 is 28.6 Å². The number of nitrogens with one attached hydrogen (secondary N) is 1. The van der Waals surface area contributed by atoms with E-state index < -0.39 is 11.5 Å². The van der Waals surface area contributed by atoms with Gasteiger partial charge in [-0.05, 0) is 30.0 Å². The number of anilines is 1. The van der Waals surface area contributed by atoms with Gasteiger partial charge in [-0.1, -0.05) is 51.4 Å². The smallest absolute Gasteiger partial charge is 0.353 e. The Morgan fingerprint density at radius 2 is 1.67 bits per heavy atom. The molecule has 0 radical (unpaired) electrons. The fourth-order valence-corrected chi connectivity index (χ4v) is 3.98. The lowest BCUT2D eigenvalue weighted by atomic mass is 10.0. The van der Waals surface area contributed by atoms with Gasteiger partial charge in [0.25, 0.3) is 0 Å². The highest BCUT2D eigenvalue weighted by atomic mass is 35.5. The fraction of sp³-hybridized carbons (Fsp3) is 0.292. The maximum atomic E-state index is 14.6. The molecule has 0 bridgehead atoms. The van der Waals surface area contributed by atoms with E-state index in [1.165, 1.54) is 16.8 Å². The first-order valence-electron chi connectivity index (χ1n) is 10.7. The third kappa shape index (κ3) is 4.06. The molecule has 0 aliphatic rings. The van der Waals surface area contributed by atoms with Crippen LogP contribution in [0, 0.1) is 5.82 Å². The first-order valence-corrected chi connectivity index (χ1v) is 11.0. The van der Waals surface area contributed by atoms with Crippen LogP contribution < -0.4 is 11.0 Å². The van der Waals surface area contributed by atoms with Gasteiger partial charge in [-0.25, -0.2) is 33.7 Å². The molecule has 3 heterocycles. The van der Waals surface area contributed by atoms with E-state index in [1.54, 1.807) is 31.3 Å². The molecule has 3 aromatic heterocycles. The number of benzene rings is 1. The van der Waals surface area contributed by atoms with Crippen LogP contribution in [0.4, 0.5) is 10.3 Å². The van der Waals surface area contributed by atoms with Crippen LogP contribution in [0.3, 0.4) is 0 Å². The van der Waals surface area contributed by atoms with Crippen molar-refractivity contribution in [3.8, 4) is 16.9 Å². The molecule has 0 fully saturated rings. The van der Waals surface area contributed by atoms with Crippen molar-refractivity contribution in [3.63, 3.8) is 0 Å². The average molecular weight is 467 g/mol. The maximum Gasteiger partial charge on any atom is 0.353 e. The molecule has 7 nitrogen and oxygen atoms in total. The molecule has 0 saturated carbocycles. The Morgan fingerprint density at radius 3 is 2.24 bits per heavy atom. The van der Waals surface area contributed by atoms with E-state index in [9.17, 15) is 9.18 Å². The molecular formula is C24H24ClFN6O. The van der Waals surface area contributed by atoms with Gasteiger partial charge in [0, 0.05) is 24.2 Å². The quantitative estimate of drug-likeness (QED) is 0.428. The van der Waals surface area contributed by atoms with Crippen LogP contribution in [0.5, 0.6) is 0 Å². The maximum absolute atomic E-state index is 14.6. The standard InChI is InChI=1S/C24H24ClFN6O/c1-12(2)18-21(19(13(3)4)31-23(27-5)30-18)32-22-14(11-28-24(32)33)10-16(25)20(29-22)15-8-6-7-9-17(15)26/h6-13H,1-5H3,(H,27,30,31). The van der Waals surface area contributed by atoms with Crippen molar-refractivity contribution < 1.29 is 4.39 Å². The summed E-state index contributed by atoms with van der Waals surface area (Å²) in [6, 6.07) is 7.89. The Hall–Kier alpha value is -3.39. The molecule has 4 aromatic rings. The number of hydrogen-bond donors (Lipinski definition) is 1. The van der Waals surface area contributed by atoms with Gasteiger partial charge in [-0.3, -0.25) is 0 Å². The van der Waals surface area contributed by atoms with Gasteiger partial charge < -0.3 is 5.32 Å². The van der Waals surface area contributed by atoms with E-state index in [1.807, 2.05) is 27.7 Å². The summed E-state index contributed by atoms with van der Waals surface area (Å²) in [4.78, 5) is 31.2. The molecule has 33 heavy (non-hydrogen) atoms. The lowest BCUT2D eigenvalue weighted by molar-refractivity contribution is 0.631. The molecule has 0 saturated heterocycles. The molecule has 0 unspecified atom stereocenters. The minimum absolute atomic E-state index is 0.0203. The molecule has 0 aliphatic carbocycles. The van der Waals surface area contributed by atoms with Crippen LogP contribution in [-0.4, -0.2) is 31.6 Å². The molecule has 9 heteroatoms. The molecule has 0 spiro atoms.